The molecule has 0 bridgehead atoms. The summed E-state index contributed by atoms with van der Waals surface area (Å²) in [6.07, 6.45) is 3.69. The highest BCUT2D eigenvalue weighted by Gasteiger charge is 2.56. The van der Waals surface area contributed by atoms with Gasteiger partial charge < -0.3 is 4.74 Å². The smallest absolute Gasteiger partial charge is 0.327 e. The Morgan fingerprint density at radius 3 is 2.67 bits per heavy atom. The second-order valence-corrected chi connectivity index (χ2v) is 6.29. The van der Waals surface area contributed by atoms with Crippen molar-refractivity contribution in [2.24, 2.45) is 5.41 Å². The van der Waals surface area contributed by atoms with E-state index in [2.05, 4.69) is 37.5 Å². The molecular formula is C18H25NO2. The van der Waals surface area contributed by atoms with Crippen LogP contribution in [-0.4, -0.2) is 30.1 Å². The lowest BCUT2D eigenvalue weighted by molar-refractivity contribution is -0.160. The quantitative estimate of drug-likeness (QED) is 0.614. The van der Waals surface area contributed by atoms with Crippen molar-refractivity contribution in [1.82, 2.24) is 4.90 Å². The van der Waals surface area contributed by atoms with Crippen LogP contribution in [-0.2, 0) is 16.1 Å². The van der Waals surface area contributed by atoms with Gasteiger partial charge in [0, 0.05) is 12.0 Å². The summed E-state index contributed by atoms with van der Waals surface area (Å²) in [5, 5.41) is 0. The monoisotopic (exact) mass is 287 g/mol. The summed E-state index contributed by atoms with van der Waals surface area (Å²) in [4.78, 5) is 14.9. The topological polar surface area (TPSA) is 29.5 Å². The van der Waals surface area contributed by atoms with Crippen LogP contribution in [0.5, 0.6) is 0 Å². The van der Waals surface area contributed by atoms with E-state index in [1.807, 2.05) is 24.3 Å². The Morgan fingerprint density at radius 1 is 1.43 bits per heavy atom. The Labute approximate surface area is 127 Å². The zero-order valence-corrected chi connectivity index (χ0v) is 13.3. The van der Waals surface area contributed by atoms with E-state index in [-0.39, 0.29) is 11.4 Å². The largest absolute Gasteiger partial charge is 0.468 e. The van der Waals surface area contributed by atoms with Crippen LogP contribution in [0.4, 0.5) is 0 Å². The van der Waals surface area contributed by atoms with Crippen LogP contribution in [0.2, 0.25) is 0 Å². The molecule has 1 heterocycles. The molecule has 1 aliphatic heterocycles. The molecule has 1 atom stereocenters. The maximum Gasteiger partial charge on any atom is 0.327 e. The van der Waals surface area contributed by atoms with Crippen LogP contribution in [0.3, 0.4) is 0 Å². The molecule has 21 heavy (non-hydrogen) atoms. The molecule has 114 valence electrons. The minimum atomic E-state index is -0.626. The van der Waals surface area contributed by atoms with Crippen molar-refractivity contribution in [1.29, 1.82) is 0 Å². The zero-order chi connectivity index (χ0) is 15.5. The number of hydrogen-bond donors (Lipinski definition) is 0. The van der Waals surface area contributed by atoms with Crippen LogP contribution in [0.15, 0.2) is 43.0 Å². The number of carbonyl (C=O) groups excluding carboxylic acids is 1. The molecule has 3 nitrogen and oxygen atoms in total. The van der Waals surface area contributed by atoms with Crippen molar-refractivity contribution < 1.29 is 9.53 Å². The fraction of sp³-hybridized carbons (Fsp3) is 0.500. The van der Waals surface area contributed by atoms with E-state index in [4.69, 9.17) is 4.74 Å². The maximum absolute atomic E-state index is 12.6. The third kappa shape index (κ3) is 2.62. The molecule has 1 fully saturated rings. The predicted octanol–water partition coefficient (Wildman–Crippen LogP) is 3.41. The lowest BCUT2D eigenvalue weighted by Gasteiger charge is -2.46. The highest BCUT2D eigenvalue weighted by molar-refractivity contribution is 5.83. The van der Waals surface area contributed by atoms with Crippen LogP contribution in [0.1, 0.15) is 32.3 Å². The molecule has 0 spiro atoms. The van der Waals surface area contributed by atoms with Gasteiger partial charge in [-0.25, -0.2) is 0 Å². The van der Waals surface area contributed by atoms with Crippen LogP contribution < -0.4 is 0 Å². The SMILES string of the molecule is C=CC(C)(C)[C@]1(C(=O)OC)CCCN1Cc1ccccc1. The van der Waals surface area contributed by atoms with Crippen molar-refractivity contribution in [3.05, 3.63) is 48.6 Å². The second-order valence-electron chi connectivity index (χ2n) is 6.29. The number of rotatable bonds is 5. The Kier molecular flexibility index (Phi) is 4.52. The molecule has 0 radical (unpaired) electrons. The van der Waals surface area contributed by atoms with Gasteiger partial charge in [-0.1, -0.05) is 50.3 Å². The first-order valence-electron chi connectivity index (χ1n) is 7.49. The van der Waals surface area contributed by atoms with E-state index >= 15 is 0 Å². The number of benzene rings is 1. The summed E-state index contributed by atoms with van der Waals surface area (Å²) >= 11 is 0. The Morgan fingerprint density at radius 2 is 2.10 bits per heavy atom. The number of carbonyl (C=O) groups is 1. The molecule has 1 aromatic carbocycles. The second kappa shape index (κ2) is 6.02. The van der Waals surface area contributed by atoms with Crippen molar-refractivity contribution in [3.63, 3.8) is 0 Å². The van der Waals surface area contributed by atoms with Crippen molar-refractivity contribution >= 4 is 5.97 Å². The molecular weight excluding hydrogens is 262 g/mol. The van der Waals surface area contributed by atoms with Crippen LogP contribution >= 0.6 is 0 Å². The lowest BCUT2D eigenvalue weighted by atomic mass is 9.70. The normalized spacial score (nSPS) is 23.0. The van der Waals surface area contributed by atoms with Gasteiger partial charge >= 0.3 is 5.97 Å². The van der Waals surface area contributed by atoms with Gasteiger partial charge in [-0.05, 0) is 24.9 Å². The first-order valence-corrected chi connectivity index (χ1v) is 7.49. The van der Waals surface area contributed by atoms with Crippen molar-refractivity contribution in [3.8, 4) is 0 Å². The van der Waals surface area contributed by atoms with E-state index in [0.717, 1.165) is 25.9 Å². The highest BCUT2D eigenvalue weighted by Crippen LogP contribution is 2.46. The number of ether oxygens (including phenoxy) is 1. The van der Waals surface area contributed by atoms with Gasteiger partial charge in [0.25, 0.3) is 0 Å². The van der Waals surface area contributed by atoms with Crippen molar-refractivity contribution in [2.45, 2.75) is 38.8 Å². The Hall–Kier alpha value is -1.61. The molecule has 1 aromatic rings. The average Bonchev–Trinajstić information content (AvgIpc) is 2.92. The van der Waals surface area contributed by atoms with E-state index in [0.29, 0.717) is 0 Å². The van der Waals surface area contributed by atoms with E-state index in [1.54, 1.807) is 0 Å². The molecule has 2 rings (SSSR count). The van der Waals surface area contributed by atoms with Gasteiger partial charge in [-0.15, -0.1) is 6.58 Å². The minimum Gasteiger partial charge on any atom is -0.468 e. The van der Waals surface area contributed by atoms with Gasteiger partial charge in [0.2, 0.25) is 0 Å². The van der Waals surface area contributed by atoms with Crippen LogP contribution in [0.25, 0.3) is 0 Å². The number of likely N-dealkylation sites (tertiary alicyclic amines) is 1. The molecule has 3 heteroatoms. The predicted molar refractivity (Wildman–Crippen MR) is 84.8 cm³/mol. The standard InChI is InChI=1S/C18H25NO2/c1-5-17(2,3)18(16(20)21-4)12-9-13-19(18)14-15-10-7-6-8-11-15/h5-8,10-11H,1,9,12-14H2,2-4H3/t18-/m1/s1. The summed E-state index contributed by atoms with van der Waals surface area (Å²) in [5.41, 5.74) is 0.248. The first-order chi connectivity index (χ1) is 9.98. The summed E-state index contributed by atoms with van der Waals surface area (Å²) in [5.74, 6) is -0.152. The van der Waals surface area contributed by atoms with Gasteiger partial charge in [-0.2, -0.15) is 0 Å². The van der Waals surface area contributed by atoms with Gasteiger partial charge in [-0.3, -0.25) is 9.69 Å². The lowest BCUT2D eigenvalue weighted by Crippen LogP contribution is -2.59. The summed E-state index contributed by atoms with van der Waals surface area (Å²) in [6, 6.07) is 10.3. The molecule has 0 aromatic heterocycles. The molecule has 1 saturated heterocycles. The third-order valence-corrected chi connectivity index (χ3v) is 4.82. The summed E-state index contributed by atoms with van der Waals surface area (Å²) < 4.78 is 5.17. The molecule has 0 unspecified atom stereocenters. The van der Waals surface area contributed by atoms with Gasteiger partial charge in [0.05, 0.1) is 7.11 Å². The minimum absolute atomic E-state index is 0.152. The molecule has 1 aliphatic rings. The number of hydrogen-bond acceptors (Lipinski definition) is 3. The maximum atomic E-state index is 12.6. The van der Waals surface area contributed by atoms with E-state index in [9.17, 15) is 4.79 Å². The van der Waals surface area contributed by atoms with Crippen LogP contribution in [0, 0.1) is 5.41 Å². The summed E-state index contributed by atoms with van der Waals surface area (Å²) in [7, 11) is 1.47. The number of methoxy groups -OCH3 is 1. The number of esters is 1. The van der Waals surface area contributed by atoms with Gasteiger partial charge in [0.1, 0.15) is 5.54 Å². The average molecular weight is 287 g/mol. The van der Waals surface area contributed by atoms with Crippen molar-refractivity contribution in [2.75, 3.05) is 13.7 Å². The summed E-state index contributed by atoms with van der Waals surface area (Å²) in [6.45, 7) is 9.75. The zero-order valence-electron chi connectivity index (χ0n) is 13.3. The van der Waals surface area contributed by atoms with E-state index in [1.165, 1.54) is 12.7 Å². The van der Waals surface area contributed by atoms with Gasteiger partial charge in [0.15, 0.2) is 0 Å². The fourth-order valence-electron chi connectivity index (χ4n) is 3.45. The molecule has 0 aliphatic carbocycles. The van der Waals surface area contributed by atoms with E-state index < -0.39 is 5.54 Å². The molecule has 0 N–H and O–H groups in total. The fourth-order valence-corrected chi connectivity index (χ4v) is 3.45. The highest BCUT2D eigenvalue weighted by atomic mass is 16.5. The Balaban J connectivity index is 2.38. The molecule has 0 saturated carbocycles. The Bertz CT molecular complexity index is 509. The molecule has 0 amide bonds. The third-order valence-electron chi connectivity index (χ3n) is 4.82. The first kappa shape index (κ1) is 15.8. The number of nitrogens with zero attached hydrogens (tertiary/aromatic N) is 1.